The van der Waals surface area contributed by atoms with Gasteiger partial charge in [0.05, 0.1) is 25.4 Å². The van der Waals surface area contributed by atoms with Crippen LogP contribution in [0.2, 0.25) is 0 Å². The smallest absolute Gasteiger partial charge is 0.306 e. The van der Waals surface area contributed by atoms with Gasteiger partial charge in [0.1, 0.15) is 24.4 Å². The van der Waals surface area contributed by atoms with Gasteiger partial charge in [0.15, 0.2) is 12.4 Å². The SMILES string of the molecule is CC/C=C\C/C=C\C/C=C\C/C=C\C/C=C\CCCCCCCCCCCCCC(=O)OC1C(OCC(NC(=O)C(O)CCCCCCCCCCCCCCCCCC/C=C\C/C=C\CCCCC)C(O)/C=C/CCCCCCCCCCCC)OC(CO)C(O)C1O. The average Bonchev–Trinajstić information content (AvgIpc) is 0.814. The number of hydrogen-bond acceptors (Lipinski definition) is 10. The summed E-state index contributed by atoms with van der Waals surface area (Å²) in [5.74, 6) is -1.19. The van der Waals surface area contributed by atoms with Gasteiger partial charge >= 0.3 is 5.97 Å². The van der Waals surface area contributed by atoms with Crippen LogP contribution in [0.4, 0.5) is 0 Å². The zero-order valence-electron chi connectivity index (χ0n) is 60.8. The molecule has 0 spiro atoms. The molecule has 1 aliphatic rings. The second-order valence-electron chi connectivity index (χ2n) is 27.1. The summed E-state index contributed by atoms with van der Waals surface area (Å²) in [5.41, 5.74) is 0. The molecule has 8 atom stereocenters. The summed E-state index contributed by atoms with van der Waals surface area (Å²) >= 11 is 0. The van der Waals surface area contributed by atoms with Gasteiger partial charge in [-0.15, -0.1) is 0 Å². The van der Waals surface area contributed by atoms with Gasteiger partial charge in [0.2, 0.25) is 5.91 Å². The van der Waals surface area contributed by atoms with Crippen LogP contribution < -0.4 is 5.32 Å². The maximum Gasteiger partial charge on any atom is 0.306 e. The molecule has 0 saturated carbocycles. The summed E-state index contributed by atoms with van der Waals surface area (Å²) < 4.78 is 17.7. The number of rotatable bonds is 68. The van der Waals surface area contributed by atoms with Crippen molar-refractivity contribution < 1.29 is 49.3 Å². The molecule has 11 nitrogen and oxygen atoms in total. The predicted octanol–water partition coefficient (Wildman–Crippen LogP) is 21.4. The molecule has 8 unspecified atom stereocenters. The first-order chi connectivity index (χ1) is 46.2. The normalized spacial score (nSPS) is 18.3. The second kappa shape index (κ2) is 69.5. The number of amides is 1. The van der Waals surface area contributed by atoms with Crippen molar-refractivity contribution in [1.29, 1.82) is 0 Å². The van der Waals surface area contributed by atoms with Gasteiger partial charge in [0.25, 0.3) is 0 Å². The summed E-state index contributed by atoms with van der Waals surface area (Å²) in [7, 11) is 0. The quantitative estimate of drug-likeness (QED) is 0.0195. The third-order valence-corrected chi connectivity index (χ3v) is 18.2. The molecule has 0 aliphatic carbocycles. The van der Waals surface area contributed by atoms with Crippen LogP contribution in [0.15, 0.2) is 97.2 Å². The van der Waals surface area contributed by atoms with Gasteiger partial charge in [-0.05, 0) is 103 Å². The van der Waals surface area contributed by atoms with E-state index in [-0.39, 0.29) is 13.0 Å². The van der Waals surface area contributed by atoms with E-state index in [0.717, 1.165) is 103 Å². The molecule has 94 heavy (non-hydrogen) atoms. The molecule has 1 heterocycles. The van der Waals surface area contributed by atoms with E-state index < -0.39 is 67.4 Å². The summed E-state index contributed by atoms with van der Waals surface area (Å²) in [5, 5.41) is 57.4. The number of hydrogen-bond donors (Lipinski definition) is 6. The number of nitrogens with one attached hydrogen (secondary N) is 1. The number of unbranched alkanes of at least 4 members (excludes halogenated alkanes) is 40. The average molecular weight is 1320 g/mol. The van der Waals surface area contributed by atoms with Crippen LogP contribution >= 0.6 is 0 Å². The summed E-state index contributed by atoms with van der Waals surface area (Å²) in [6.07, 6.45) is 84.6. The molecule has 1 rings (SSSR count). The highest BCUT2D eigenvalue weighted by Gasteiger charge is 2.47. The van der Waals surface area contributed by atoms with E-state index in [9.17, 15) is 35.1 Å². The van der Waals surface area contributed by atoms with E-state index >= 15 is 0 Å². The minimum atomic E-state index is -1.62. The molecule has 0 bridgehead atoms. The number of carbonyl (C=O) groups excluding carboxylic acids is 2. The standard InChI is InChI=1S/C83H147NO10/c1-4-7-10-13-16-19-22-25-27-29-31-33-35-37-39-41-43-45-47-49-51-53-56-59-62-65-68-71-78(88)94-81-80(90)79(89)77(72-85)93-83(81)92-73-74(75(86)69-66-63-60-57-54-24-21-18-15-12-9-6-3)84-82(91)76(87)70-67-64-61-58-55-52-50-48-46-44-42-40-38-36-34-32-30-28-26-23-20-17-14-11-8-5-2/h7,10,16-17,19-20,25-28,31,33,37,39,66,69,74-77,79-81,83,85-87,89-90H,4-6,8-9,11-15,18,21-24,29-30,32,34-36,38,40-65,67-68,70-73H2,1-3H3,(H,84,91)/b10-7-,19-16-,20-17-,27-25-,28-26-,33-31-,39-37-,69-66+. The molecular formula is C83H147NO10. The Morgan fingerprint density at radius 1 is 0.426 bits per heavy atom. The van der Waals surface area contributed by atoms with Crippen molar-refractivity contribution in [3.8, 4) is 0 Å². The fourth-order valence-electron chi connectivity index (χ4n) is 12.1. The van der Waals surface area contributed by atoms with Crippen molar-refractivity contribution in [3.05, 3.63) is 97.2 Å². The number of aliphatic hydroxyl groups excluding tert-OH is 5. The Morgan fingerprint density at radius 3 is 1.17 bits per heavy atom. The molecule has 1 amide bonds. The highest BCUT2D eigenvalue weighted by molar-refractivity contribution is 5.80. The molecular weight excluding hydrogens is 1170 g/mol. The van der Waals surface area contributed by atoms with Gasteiger partial charge in [0, 0.05) is 6.42 Å². The largest absolute Gasteiger partial charge is 0.454 e. The molecule has 0 aromatic heterocycles. The fraction of sp³-hybridized carbons (Fsp3) is 0.783. The van der Waals surface area contributed by atoms with Crippen LogP contribution in [0.5, 0.6) is 0 Å². The molecule has 0 radical (unpaired) electrons. The minimum Gasteiger partial charge on any atom is -0.454 e. The Hall–Kier alpha value is -3.42. The first-order valence-corrected chi connectivity index (χ1v) is 39.5. The van der Waals surface area contributed by atoms with Crippen LogP contribution in [0, 0.1) is 0 Å². The maximum atomic E-state index is 13.5. The molecule has 6 N–H and O–H groups in total. The maximum absolute atomic E-state index is 13.5. The summed E-state index contributed by atoms with van der Waals surface area (Å²) in [4.78, 5) is 26.8. The zero-order chi connectivity index (χ0) is 68.1. The van der Waals surface area contributed by atoms with Gasteiger partial charge in [-0.2, -0.15) is 0 Å². The molecule has 1 aliphatic heterocycles. The van der Waals surface area contributed by atoms with Gasteiger partial charge in [-0.3, -0.25) is 9.59 Å². The summed E-state index contributed by atoms with van der Waals surface area (Å²) in [6, 6.07) is -1.03. The highest BCUT2D eigenvalue weighted by Crippen LogP contribution is 2.27. The van der Waals surface area contributed by atoms with Gasteiger partial charge in [-0.1, -0.05) is 343 Å². The van der Waals surface area contributed by atoms with Crippen LogP contribution in [0.3, 0.4) is 0 Å². The third kappa shape index (κ3) is 55.6. The Bertz CT molecular complexity index is 1910. The van der Waals surface area contributed by atoms with Crippen molar-refractivity contribution in [1.82, 2.24) is 5.32 Å². The summed E-state index contributed by atoms with van der Waals surface area (Å²) in [6.45, 7) is 5.70. The number of ether oxygens (including phenoxy) is 3. The lowest BCUT2D eigenvalue weighted by atomic mass is 9.99. The van der Waals surface area contributed by atoms with Crippen LogP contribution in [0.1, 0.15) is 355 Å². The zero-order valence-corrected chi connectivity index (χ0v) is 60.8. The monoisotopic (exact) mass is 1320 g/mol. The van der Waals surface area contributed by atoms with Crippen LogP contribution in [0.25, 0.3) is 0 Å². The molecule has 0 aromatic rings. The van der Waals surface area contributed by atoms with Crippen molar-refractivity contribution in [2.75, 3.05) is 13.2 Å². The van der Waals surface area contributed by atoms with Crippen molar-refractivity contribution in [2.24, 2.45) is 0 Å². The van der Waals surface area contributed by atoms with E-state index in [0.29, 0.717) is 19.3 Å². The van der Waals surface area contributed by atoms with Crippen LogP contribution in [-0.4, -0.2) is 99.6 Å². The predicted molar refractivity (Wildman–Crippen MR) is 398 cm³/mol. The number of allylic oxidation sites excluding steroid dienone is 15. The Labute approximate surface area is 577 Å². The fourth-order valence-corrected chi connectivity index (χ4v) is 12.1. The van der Waals surface area contributed by atoms with E-state index in [1.54, 1.807) is 6.08 Å². The molecule has 1 fully saturated rings. The Balaban J connectivity index is 2.50. The molecule has 1 saturated heterocycles. The lowest BCUT2D eigenvalue weighted by Crippen LogP contribution is -2.61. The van der Waals surface area contributed by atoms with Gasteiger partial charge < -0.3 is 45.1 Å². The topological polar surface area (TPSA) is 175 Å². The Morgan fingerprint density at radius 2 is 0.766 bits per heavy atom. The lowest BCUT2D eigenvalue weighted by Gasteiger charge is -2.41. The number of aliphatic hydroxyl groups is 5. The minimum absolute atomic E-state index is 0.117. The lowest BCUT2D eigenvalue weighted by molar-refractivity contribution is -0.305. The van der Waals surface area contributed by atoms with E-state index in [1.165, 1.54) is 205 Å². The first-order valence-electron chi connectivity index (χ1n) is 39.5. The van der Waals surface area contributed by atoms with E-state index in [2.05, 4.69) is 111 Å². The van der Waals surface area contributed by atoms with Gasteiger partial charge in [-0.25, -0.2) is 0 Å². The first kappa shape index (κ1) is 88.6. The number of esters is 1. The van der Waals surface area contributed by atoms with E-state index in [4.69, 9.17) is 14.2 Å². The molecule has 544 valence electrons. The highest BCUT2D eigenvalue weighted by atomic mass is 16.7. The number of carbonyl (C=O) groups is 2. The molecule has 11 heteroatoms. The third-order valence-electron chi connectivity index (χ3n) is 18.2. The van der Waals surface area contributed by atoms with Crippen LogP contribution in [-0.2, 0) is 23.8 Å². The second-order valence-corrected chi connectivity index (χ2v) is 27.1. The van der Waals surface area contributed by atoms with Crippen molar-refractivity contribution >= 4 is 11.9 Å². The van der Waals surface area contributed by atoms with Crippen molar-refractivity contribution in [2.45, 2.75) is 404 Å². The molecule has 0 aromatic carbocycles. The van der Waals surface area contributed by atoms with E-state index in [1.807, 2.05) is 6.08 Å². The van der Waals surface area contributed by atoms with Crippen molar-refractivity contribution in [3.63, 3.8) is 0 Å². The Kier molecular flexibility index (Phi) is 65.5.